The number of rotatable bonds is 1. The molecule has 0 bridgehead atoms. The Morgan fingerprint density at radius 2 is 2.36 bits per heavy atom. The Labute approximate surface area is 124 Å². The fourth-order valence-corrected chi connectivity index (χ4v) is 1.23. The predicted octanol–water partition coefficient (Wildman–Crippen LogP) is -1.02. The molecule has 0 saturated carbocycles. The van der Waals surface area contributed by atoms with Crippen molar-refractivity contribution in [3.05, 3.63) is 5.82 Å². The molecule has 1 aromatic heterocycles. The molecule has 0 spiro atoms. The summed E-state index contributed by atoms with van der Waals surface area (Å²) in [5.74, 6) is 0.859. The second-order valence-electron chi connectivity index (χ2n) is 2.44. The fourth-order valence-electron chi connectivity index (χ4n) is 1.23. The van der Waals surface area contributed by atoms with Crippen LogP contribution in [0.2, 0.25) is 0 Å². The average molecular weight is 273 g/mol. The van der Waals surface area contributed by atoms with E-state index in [0.717, 1.165) is 18.8 Å². The van der Waals surface area contributed by atoms with Crippen LogP contribution < -0.4 is 5.32 Å². The van der Waals surface area contributed by atoms with E-state index < -0.39 is 0 Å². The van der Waals surface area contributed by atoms with E-state index in [1.165, 1.54) is 6.42 Å². The molecular formula is C5H10CsN5. The third kappa shape index (κ3) is 2.51. The topological polar surface area (TPSA) is 66.5 Å². The Bertz CT molecular complexity index is 193. The molecule has 1 fully saturated rings. The third-order valence-corrected chi connectivity index (χ3v) is 1.75. The first kappa shape index (κ1) is 10.2. The van der Waals surface area contributed by atoms with Crippen molar-refractivity contribution in [2.75, 3.05) is 6.54 Å². The molecule has 2 rings (SSSR count). The Kier molecular flexibility index (Phi) is 4.58. The molecule has 0 aliphatic carbocycles. The zero-order valence-corrected chi connectivity index (χ0v) is 5.54. The molecule has 0 radical (unpaired) electrons. The van der Waals surface area contributed by atoms with Gasteiger partial charge in [-0.15, -0.1) is 5.10 Å². The Hall–Kier alpha value is 1.08. The van der Waals surface area contributed by atoms with Crippen molar-refractivity contribution in [3.8, 4) is 0 Å². The van der Waals surface area contributed by atoms with E-state index >= 15 is 0 Å². The Morgan fingerprint density at radius 3 is 2.91 bits per heavy atom. The molecule has 11 heavy (non-hydrogen) atoms. The summed E-state index contributed by atoms with van der Waals surface area (Å²) in [7, 11) is 0. The molecule has 1 aliphatic heterocycles. The van der Waals surface area contributed by atoms with Gasteiger partial charge in [0.25, 0.3) is 0 Å². The number of aromatic amines is 1. The van der Waals surface area contributed by atoms with Crippen molar-refractivity contribution in [2.45, 2.75) is 18.9 Å². The van der Waals surface area contributed by atoms with E-state index in [0.29, 0.717) is 6.04 Å². The Morgan fingerprint density at radius 1 is 1.45 bits per heavy atom. The van der Waals surface area contributed by atoms with Gasteiger partial charge in [0.1, 0.15) is 0 Å². The van der Waals surface area contributed by atoms with Crippen molar-refractivity contribution in [2.24, 2.45) is 0 Å². The summed E-state index contributed by atoms with van der Waals surface area (Å²) in [6.07, 6.45) is 2.35. The van der Waals surface area contributed by atoms with Gasteiger partial charge in [-0.25, -0.2) is 5.10 Å². The number of hydrogen-bond acceptors (Lipinski definition) is 4. The summed E-state index contributed by atoms with van der Waals surface area (Å²) >= 11 is 0. The van der Waals surface area contributed by atoms with Crippen LogP contribution in [0.4, 0.5) is 0 Å². The van der Waals surface area contributed by atoms with Crippen LogP contribution in [0.1, 0.15) is 24.7 Å². The van der Waals surface area contributed by atoms with Crippen LogP contribution in [-0.2, 0) is 0 Å². The van der Waals surface area contributed by atoms with Crippen molar-refractivity contribution >= 4 is 68.9 Å². The van der Waals surface area contributed by atoms with Crippen LogP contribution in [0.25, 0.3) is 0 Å². The van der Waals surface area contributed by atoms with Crippen molar-refractivity contribution in [3.63, 3.8) is 0 Å². The number of aromatic nitrogens is 4. The number of tetrazole rings is 1. The van der Waals surface area contributed by atoms with Gasteiger partial charge in [-0.3, -0.25) is 0 Å². The number of H-pyrrole nitrogens is 1. The van der Waals surface area contributed by atoms with Gasteiger partial charge in [0.15, 0.2) is 5.82 Å². The molecule has 1 atom stereocenters. The van der Waals surface area contributed by atoms with Crippen LogP contribution in [-0.4, -0.2) is 96.1 Å². The molecule has 5 nitrogen and oxygen atoms in total. The minimum atomic E-state index is 0. The number of hydrogen-bond donors (Lipinski definition) is 2. The maximum atomic E-state index is 3.82. The quantitative estimate of drug-likeness (QED) is 0.687. The predicted molar refractivity (Wildman–Crippen MR) is 41.3 cm³/mol. The van der Waals surface area contributed by atoms with Crippen LogP contribution in [0.5, 0.6) is 0 Å². The molecule has 2 heterocycles. The first-order valence-corrected chi connectivity index (χ1v) is 3.44. The van der Waals surface area contributed by atoms with Crippen molar-refractivity contribution in [1.82, 2.24) is 25.9 Å². The molecule has 1 saturated heterocycles. The van der Waals surface area contributed by atoms with Gasteiger partial charge in [-0.1, -0.05) is 0 Å². The normalized spacial score (nSPS) is 23.1. The van der Waals surface area contributed by atoms with E-state index in [2.05, 4.69) is 25.9 Å². The molecule has 0 amide bonds. The van der Waals surface area contributed by atoms with Gasteiger partial charge < -0.3 is 5.32 Å². The molecule has 0 unspecified atom stereocenters. The maximum absolute atomic E-state index is 3.82. The molecule has 0 aromatic carbocycles. The Balaban J connectivity index is 0.000000605. The molecule has 6 heteroatoms. The van der Waals surface area contributed by atoms with Gasteiger partial charge in [0.2, 0.25) is 0 Å². The zero-order chi connectivity index (χ0) is 6.81. The summed E-state index contributed by atoms with van der Waals surface area (Å²) < 4.78 is 0. The minimum absolute atomic E-state index is 0. The van der Waals surface area contributed by atoms with E-state index in [1.807, 2.05) is 0 Å². The van der Waals surface area contributed by atoms with E-state index in [9.17, 15) is 0 Å². The number of nitrogens with zero attached hydrogens (tertiary/aromatic N) is 3. The monoisotopic (exact) mass is 273 g/mol. The van der Waals surface area contributed by atoms with E-state index in [-0.39, 0.29) is 68.9 Å². The molecule has 2 N–H and O–H groups in total. The van der Waals surface area contributed by atoms with Gasteiger partial charge >= 0.3 is 68.9 Å². The van der Waals surface area contributed by atoms with Gasteiger partial charge in [0.05, 0.1) is 6.04 Å². The molecular weight excluding hydrogens is 263 g/mol. The third-order valence-electron chi connectivity index (χ3n) is 1.75. The second-order valence-corrected chi connectivity index (χ2v) is 2.44. The summed E-state index contributed by atoms with van der Waals surface area (Å²) in [4.78, 5) is 0. The van der Waals surface area contributed by atoms with Crippen LogP contribution in [0.15, 0.2) is 0 Å². The number of nitrogens with one attached hydrogen (secondary N) is 2. The second kappa shape index (κ2) is 4.95. The standard InChI is InChI=1S/C5H9N5.Cs.H/c1-2-4(6-3-1)5-7-9-10-8-5;;/h4,6H,1-3H2,(H,7,8,9,10);;/t4-;;/m1../s1. The molecule has 56 valence electrons. The molecule has 1 aliphatic rings. The zero-order valence-electron chi connectivity index (χ0n) is 5.54. The summed E-state index contributed by atoms with van der Waals surface area (Å²) in [6, 6.07) is 0.356. The molecule has 1 aromatic rings. The SMILES string of the molecule is C1CN[C@@H](c2nnn[nH]2)C1.[CsH]. The van der Waals surface area contributed by atoms with Crippen molar-refractivity contribution in [1.29, 1.82) is 0 Å². The fraction of sp³-hybridized carbons (Fsp3) is 0.800. The van der Waals surface area contributed by atoms with Crippen LogP contribution in [0.3, 0.4) is 0 Å². The van der Waals surface area contributed by atoms with Crippen LogP contribution >= 0.6 is 0 Å². The van der Waals surface area contributed by atoms with Crippen LogP contribution in [0, 0.1) is 0 Å². The van der Waals surface area contributed by atoms with Gasteiger partial charge in [-0.2, -0.15) is 0 Å². The van der Waals surface area contributed by atoms with E-state index in [4.69, 9.17) is 0 Å². The summed E-state index contributed by atoms with van der Waals surface area (Å²) in [6.45, 7) is 1.07. The van der Waals surface area contributed by atoms with Gasteiger partial charge in [0, 0.05) is 0 Å². The summed E-state index contributed by atoms with van der Waals surface area (Å²) in [5.41, 5.74) is 0. The first-order chi connectivity index (χ1) is 4.97. The average Bonchev–Trinajstić information content (AvgIpc) is 2.59. The van der Waals surface area contributed by atoms with E-state index in [1.54, 1.807) is 0 Å². The van der Waals surface area contributed by atoms with Gasteiger partial charge in [-0.05, 0) is 29.8 Å². The van der Waals surface area contributed by atoms with Crippen molar-refractivity contribution < 1.29 is 0 Å². The first-order valence-electron chi connectivity index (χ1n) is 3.44. The summed E-state index contributed by atoms with van der Waals surface area (Å²) in [5, 5.41) is 16.9.